The van der Waals surface area contributed by atoms with Gasteiger partial charge in [0.1, 0.15) is 0 Å². The molecule has 0 aliphatic heterocycles. The third-order valence-corrected chi connectivity index (χ3v) is 5.22. The molecule has 0 heterocycles. The molecule has 3 aromatic carbocycles. The molecule has 0 fully saturated rings. The molecule has 0 spiro atoms. The van der Waals surface area contributed by atoms with E-state index < -0.39 is 0 Å². The zero-order valence-corrected chi connectivity index (χ0v) is 27.3. The van der Waals surface area contributed by atoms with E-state index in [0.717, 1.165) is 0 Å². The van der Waals surface area contributed by atoms with Crippen LogP contribution in [0, 0.1) is 33.8 Å². The van der Waals surface area contributed by atoms with Gasteiger partial charge in [-0.05, 0) is 33.8 Å². The number of allylic oxidation sites excluding steroid dienone is 4. The van der Waals surface area contributed by atoms with E-state index in [0.29, 0.717) is 5.92 Å². The fourth-order valence-electron chi connectivity index (χ4n) is 3.42. The van der Waals surface area contributed by atoms with Crippen molar-refractivity contribution in [1.82, 2.24) is 10.6 Å². The van der Waals surface area contributed by atoms with Crippen molar-refractivity contribution in [3.05, 3.63) is 104 Å². The Kier molecular flexibility index (Phi) is 23.7. The maximum atomic E-state index is 3.36. The SMILES string of the molecule is CC1=[C-]C(C)C(C)=C1C.CNC.CNC.Cc1cc2c(-c3ccccc3)cccc2[cH-]1.[CH3-].[CH3-].[Si]=[Zr]. The Morgan fingerprint density at radius 3 is 1.74 bits per heavy atom. The van der Waals surface area contributed by atoms with Gasteiger partial charge in [0.05, 0.1) is 0 Å². The second-order valence-corrected chi connectivity index (χ2v) is 8.01. The first-order valence-electron chi connectivity index (χ1n) is 11.2. The van der Waals surface area contributed by atoms with E-state index in [1.807, 2.05) is 28.2 Å². The summed E-state index contributed by atoms with van der Waals surface area (Å²) in [6.45, 7) is 13.9. The van der Waals surface area contributed by atoms with Crippen LogP contribution >= 0.6 is 0 Å². The first-order valence-corrected chi connectivity index (χ1v) is 15.4. The predicted molar refractivity (Wildman–Crippen MR) is 158 cm³/mol. The Hall–Kier alpha value is -1.45. The first-order chi connectivity index (χ1) is 15.8. The zero-order valence-electron chi connectivity index (χ0n) is 23.9. The van der Waals surface area contributed by atoms with Crippen molar-refractivity contribution in [2.75, 3.05) is 28.2 Å². The van der Waals surface area contributed by atoms with Gasteiger partial charge in [-0.2, -0.15) is 17.2 Å². The van der Waals surface area contributed by atoms with Crippen LogP contribution in [-0.2, 0) is 23.3 Å². The molecule has 1 atom stereocenters. The van der Waals surface area contributed by atoms with Crippen LogP contribution in [0.25, 0.3) is 21.9 Å². The van der Waals surface area contributed by atoms with Crippen LogP contribution in [0.2, 0.25) is 0 Å². The molecule has 3 aromatic rings. The number of nitrogens with one attached hydrogen (secondary N) is 2. The maximum absolute atomic E-state index is 3.36. The van der Waals surface area contributed by atoms with Gasteiger partial charge in [0.2, 0.25) is 0 Å². The Bertz CT molecular complexity index is 1000. The summed E-state index contributed by atoms with van der Waals surface area (Å²) in [7, 11) is 7.50. The molecule has 4 heteroatoms. The second kappa shape index (κ2) is 21.8. The van der Waals surface area contributed by atoms with Gasteiger partial charge in [-0.25, -0.2) is 5.57 Å². The summed E-state index contributed by atoms with van der Waals surface area (Å²) in [6, 6.07) is 21.6. The number of aryl methyl sites for hydroxylation is 1. The minimum absolute atomic E-state index is 0. The third kappa shape index (κ3) is 12.9. The average molecular weight is 566 g/mol. The zero-order chi connectivity index (χ0) is 25.4. The number of hydrogen-bond acceptors (Lipinski definition) is 2. The van der Waals surface area contributed by atoms with Gasteiger partial charge in [0.15, 0.2) is 0 Å². The first kappa shape index (κ1) is 38.1. The molecule has 1 aliphatic rings. The second-order valence-electron chi connectivity index (χ2n) is 8.01. The van der Waals surface area contributed by atoms with Crippen molar-refractivity contribution in [3.63, 3.8) is 0 Å². The molecule has 0 saturated heterocycles. The molecule has 1 aliphatic carbocycles. The van der Waals surface area contributed by atoms with E-state index in [4.69, 9.17) is 0 Å². The van der Waals surface area contributed by atoms with Gasteiger partial charge in [-0.1, -0.05) is 75.6 Å². The fourth-order valence-corrected chi connectivity index (χ4v) is 3.42. The van der Waals surface area contributed by atoms with Crippen molar-refractivity contribution >= 4 is 17.7 Å². The molecule has 2 nitrogen and oxygen atoms in total. The summed E-state index contributed by atoms with van der Waals surface area (Å²) in [5.41, 5.74) is 8.19. The molecule has 35 heavy (non-hydrogen) atoms. The van der Waals surface area contributed by atoms with Crippen LogP contribution in [0.1, 0.15) is 33.3 Å². The van der Waals surface area contributed by atoms with Crippen LogP contribution in [-0.4, -0.2) is 35.1 Å². The molecule has 2 radical (unpaired) electrons. The third-order valence-electron chi connectivity index (χ3n) is 5.22. The van der Waals surface area contributed by atoms with Gasteiger partial charge >= 0.3 is 30.2 Å². The molecule has 2 N–H and O–H groups in total. The van der Waals surface area contributed by atoms with Crippen molar-refractivity contribution in [1.29, 1.82) is 0 Å². The van der Waals surface area contributed by atoms with Crippen LogP contribution in [0.5, 0.6) is 0 Å². The molecule has 0 aromatic heterocycles. The van der Waals surface area contributed by atoms with Gasteiger partial charge in [-0.15, -0.1) is 41.5 Å². The number of hydrogen-bond donors (Lipinski definition) is 2. The van der Waals surface area contributed by atoms with E-state index in [-0.39, 0.29) is 14.9 Å². The summed E-state index contributed by atoms with van der Waals surface area (Å²) in [5, 5.41) is 8.19. The fraction of sp³-hybridized carbons (Fsp3) is 0.323. The van der Waals surface area contributed by atoms with Gasteiger partial charge < -0.3 is 25.5 Å². The summed E-state index contributed by atoms with van der Waals surface area (Å²) < 4.78 is 0. The molecule has 192 valence electrons. The van der Waals surface area contributed by atoms with E-state index >= 15 is 0 Å². The van der Waals surface area contributed by atoms with Gasteiger partial charge in [-0.3, -0.25) is 6.08 Å². The summed E-state index contributed by atoms with van der Waals surface area (Å²) in [6.07, 6.45) is 3.36. The van der Waals surface area contributed by atoms with Crippen LogP contribution < -0.4 is 10.6 Å². The number of benzene rings is 2. The van der Waals surface area contributed by atoms with E-state index in [1.165, 1.54) is 67.5 Å². The molecule has 1 unspecified atom stereocenters. The Morgan fingerprint density at radius 1 is 0.829 bits per heavy atom. The Labute approximate surface area is 234 Å². The van der Waals surface area contributed by atoms with Gasteiger partial charge in [0, 0.05) is 0 Å². The minimum atomic E-state index is 0. The standard InChI is InChI=1S/C16H13.C9H13.2C2H7N.2CH3.Si.Zr/c1-12-10-14-8-5-9-15(16(14)11-12)13-6-3-2-4-7-13;1-6-5-7(2)9(4)8(6)3;2*1-3-2;;;;/h2-11H,1H3;6H,1-4H3;2*3H,1-2H3;2*1H3;;/q2*-1;;;2*-1;;. The quantitative estimate of drug-likeness (QED) is 0.237. The molecular formula is C31H46N2SiZr-4. The van der Waals surface area contributed by atoms with Crippen molar-refractivity contribution in [2.45, 2.75) is 34.6 Å². The number of rotatable bonds is 1. The van der Waals surface area contributed by atoms with E-state index in [1.54, 1.807) is 0 Å². The topological polar surface area (TPSA) is 24.1 Å². The molecule has 0 bridgehead atoms. The summed E-state index contributed by atoms with van der Waals surface area (Å²) in [5.74, 6) is 0.560. The molecule has 0 amide bonds. The van der Waals surface area contributed by atoms with Crippen molar-refractivity contribution in [2.24, 2.45) is 5.92 Å². The Balaban J connectivity index is -0.000000464. The molecular weight excluding hydrogens is 520 g/mol. The predicted octanol–water partition coefficient (Wildman–Crippen LogP) is 7.44. The average Bonchev–Trinajstić information content (AvgIpc) is 3.30. The van der Waals surface area contributed by atoms with Crippen molar-refractivity contribution in [3.8, 4) is 11.1 Å². The van der Waals surface area contributed by atoms with Crippen LogP contribution in [0.15, 0.2) is 77.4 Å². The normalized spacial score (nSPS) is 13.0. The van der Waals surface area contributed by atoms with E-state index in [2.05, 4.69) is 119 Å². The van der Waals surface area contributed by atoms with Gasteiger partial charge in [0.25, 0.3) is 0 Å². The monoisotopic (exact) mass is 564 g/mol. The molecule has 4 rings (SSSR count). The number of fused-ring (bicyclic) bond motifs is 1. The van der Waals surface area contributed by atoms with Crippen LogP contribution in [0.3, 0.4) is 0 Å². The van der Waals surface area contributed by atoms with E-state index in [9.17, 15) is 0 Å². The van der Waals surface area contributed by atoms with Crippen molar-refractivity contribution < 1.29 is 23.3 Å². The summed E-state index contributed by atoms with van der Waals surface area (Å²) >= 11 is 1.36. The Morgan fingerprint density at radius 2 is 1.34 bits per heavy atom. The molecule has 0 saturated carbocycles. The summed E-state index contributed by atoms with van der Waals surface area (Å²) in [4.78, 5) is 0. The van der Waals surface area contributed by atoms with Crippen LogP contribution in [0.4, 0.5) is 0 Å².